The number of hydrogen-bond acceptors (Lipinski definition) is 4. The van der Waals surface area contributed by atoms with Crippen molar-refractivity contribution in [3.63, 3.8) is 0 Å². The predicted octanol–water partition coefficient (Wildman–Crippen LogP) is 3.35. The number of Topliss-reactive ketones (excluding diaryl/α,β-unsaturated/α-hetero) is 1. The van der Waals surface area contributed by atoms with Crippen LogP contribution in [0.5, 0.6) is 0 Å². The number of halogens is 1. The number of hydrogen-bond donors (Lipinski definition) is 1. The zero-order valence-electron chi connectivity index (χ0n) is 13.4. The predicted molar refractivity (Wildman–Crippen MR) is 83.4 cm³/mol. The van der Waals surface area contributed by atoms with Crippen molar-refractivity contribution >= 4 is 5.78 Å². The van der Waals surface area contributed by atoms with Crippen LogP contribution in [0, 0.1) is 22.6 Å². The Hall–Kier alpha value is -2.48. The van der Waals surface area contributed by atoms with Crippen molar-refractivity contribution < 1.29 is 9.18 Å². The third-order valence-corrected chi connectivity index (χ3v) is 4.47. The summed E-state index contributed by atoms with van der Waals surface area (Å²) in [4.78, 5) is 16.5. The first-order valence-corrected chi connectivity index (χ1v) is 7.57. The van der Waals surface area contributed by atoms with Gasteiger partial charge in [-0.3, -0.25) is 9.78 Å². The van der Waals surface area contributed by atoms with E-state index in [0.717, 1.165) is 11.9 Å². The standard InChI is InChI=1S/C18H18FN3O/c1-10-12(8-20)16(11-4-5-21-9-13(11)19)17-14(22-10)6-18(2,3)7-15(17)23/h4-5,9,16,22H,6-7H2,1-3H3. The van der Waals surface area contributed by atoms with Gasteiger partial charge in [-0.25, -0.2) is 4.39 Å². The Labute approximate surface area is 134 Å². The van der Waals surface area contributed by atoms with Crippen LogP contribution in [-0.4, -0.2) is 10.8 Å². The summed E-state index contributed by atoms with van der Waals surface area (Å²) in [6.07, 6.45) is 3.71. The Bertz CT molecular complexity index is 799. The van der Waals surface area contributed by atoms with Crippen molar-refractivity contribution in [2.24, 2.45) is 5.41 Å². The summed E-state index contributed by atoms with van der Waals surface area (Å²) in [6, 6.07) is 3.70. The van der Waals surface area contributed by atoms with E-state index < -0.39 is 11.7 Å². The first kappa shape index (κ1) is 15.4. The molecule has 3 rings (SSSR count). The summed E-state index contributed by atoms with van der Waals surface area (Å²) in [5.41, 5.74) is 2.59. The van der Waals surface area contributed by atoms with Gasteiger partial charge in [-0.1, -0.05) is 13.8 Å². The van der Waals surface area contributed by atoms with E-state index in [0.29, 0.717) is 35.2 Å². The van der Waals surface area contributed by atoms with Gasteiger partial charge in [0, 0.05) is 35.1 Å². The van der Waals surface area contributed by atoms with E-state index in [1.807, 2.05) is 13.8 Å². The zero-order chi connectivity index (χ0) is 16.8. The molecule has 0 spiro atoms. The van der Waals surface area contributed by atoms with E-state index in [-0.39, 0.29) is 11.2 Å². The summed E-state index contributed by atoms with van der Waals surface area (Å²) in [5, 5.41) is 12.7. The molecule has 1 aromatic heterocycles. The molecule has 0 saturated heterocycles. The molecule has 4 nitrogen and oxygen atoms in total. The number of rotatable bonds is 1. The molecule has 1 aromatic rings. The van der Waals surface area contributed by atoms with E-state index in [1.165, 1.54) is 6.20 Å². The lowest BCUT2D eigenvalue weighted by atomic mass is 9.69. The summed E-state index contributed by atoms with van der Waals surface area (Å²) < 4.78 is 14.3. The fraction of sp³-hybridized carbons (Fsp3) is 0.389. The van der Waals surface area contributed by atoms with Gasteiger partial charge in [0.1, 0.15) is 5.82 Å². The Morgan fingerprint density at radius 2 is 2.17 bits per heavy atom. The lowest BCUT2D eigenvalue weighted by Gasteiger charge is -2.38. The molecular weight excluding hydrogens is 293 g/mol. The van der Waals surface area contributed by atoms with Crippen molar-refractivity contribution in [1.82, 2.24) is 10.3 Å². The van der Waals surface area contributed by atoms with E-state index in [9.17, 15) is 14.4 Å². The number of allylic oxidation sites excluding steroid dienone is 4. The van der Waals surface area contributed by atoms with Gasteiger partial charge >= 0.3 is 0 Å². The molecule has 1 N–H and O–H groups in total. The van der Waals surface area contributed by atoms with E-state index in [2.05, 4.69) is 16.4 Å². The van der Waals surface area contributed by atoms with E-state index >= 15 is 0 Å². The number of nitrogens with zero attached hydrogens (tertiary/aromatic N) is 2. The lowest BCUT2D eigenvalue weighted by molar-refractivity contribution is -0.118. The van der Waals surface area contributed by atoms with Gasteiger partial charge in [-0.05, 0) is 24.8 Å². The van der Waals surface area contributed by atoms with Crippen LogP contribution >= 0.6 is 0 Å². The van der Waals surface area contributed by atoms with Gasteiger partial charge in [0.05, 0.1) is 23.8 Å². The second-order valence-electron chi connectivity index (χ2n) is 6.94. The van der Waals surface area contributed by atoms with Gasteiger partial charge in [-0.2, -0.15) is 5.26 Å². The maximum Gasteiger partial charge on any atom is 0.162 e. The first-order chi connectivity index (χ1) is 10.8. The number of nitrogens with one attached hydrogen (secondary N) is 1. The van der Waals surface area contributed by atoms with Gasteiger partial charge in [0.2, 0.25) is 0 Å². The fourth-order valence-corrected chi connectivity index (χ4v) is 3.52. The summed E-state index contributed by atoms with van der Waals surface area (Å²) in [5.74, 6) is -1.17. The van der Waals surface area contributed by atoms with Crippen molar-refractivity contribution in [3.8, 4) is 6.07 Å². The third kappa shape index (κ3) is 2.55. The molecule has 1 aliphatic carbocycles. The molecule has 0 fully saturated rings. The summed E-state index contributed by atoms with van der Waals surface area (Å²) in [7, 11) is 0. The van der Waals surface area contributed by atoms with Crippen molar-refractivity contribution in [1.29, 1.82) is 5.26 Å². The number of nitriles is 1. The second-order valence-corrected chi connectivity index (χ2v) is 6.94. The van der Waals surface area contributed by atoms with Crippen LogP contribution in [0.3, 0.4) is 0 Å². The monoisotopic (exact) mass is 311 g/mol. The molecule has 1 unspecified atom stereocenters. The average Bonchev–Trinajstić information content (AvgIpc) is 2.45. The fourth-order valence-electron chi connectivity index (χ4n) is 3.52. The topological polar surface area (TPSA) is 65.8 Å². The van der Waals surface area contributed by atoms with Crippen LogP contribution in [-0.2, 0) is 4.79 Å². The third-order valence-electron chi connectivity index (χ3n) is 4.47. The maximum absolute atomic E-state index is 14.3. The van der Waals surface area contributed by atoms with Gasteiger partial charge in [-0.15, -0.1) is 0 Å². The highest BCUT2D eigenvalue weighted by atomic mass is 19.1. The number of dihydropyridines is 1. The first-order valence-electron chi connectivity index (χ1n) is 7.57. The molecule has 0 bridgehead atoms. The molecule has 5 heteroatoms. The molecule has 0 saturated carbocycles. The van der Waals surface area contributed by atoms with Crippen LogP contribution in [0.1, 0.15) is 45.1 Å². The number of carbonyl (C=O) groups is 1. The summed E-state index contributed by atoms with van der Waals surface area (Å²) >= 11 is 0. The minimum Gasteiger partial charge on any atom is -0.361 e. The molecule has 118 valence electrons. The van der Waals surface area contributed by atoms with Crippen molar-refractivity contribution in [2.45, 2.75) is 39.5 Å². The van der Waals surface area contributed by atoms with Crippen LogP contribution in [0.4, 0.5) is 4.39 Å². The van der Waals surface area contributed by atoms with Gasteiger partial charge < -0.3 is 5.32 Å². The Kier molecular flexibility index (Phi) is 3.56. The number of carbonyl (C=O) groups excluding carboxylic acids is 1. The van der Waals surface area contributed by atoms with Gasteiger partial charge in [0.25, 0.3) is 0 Å². The van der Waals surface area contributed by atoms with Gasteiger partial charge in [0.15, 0.2) is 5.78 Å². The molecule has 1 aliphatic heterocycles. The Morgan fingerprint density at radius 3 is 2.83 bits per heavy atom. The minimum atomic E-state index is -0.650. The van der Waals surface area contributed by atoms with Crippen LogP contribution in [0.2, 0.25) is 0 Å². The number of pyridine rings is 1. The maximum atomic E-state index is 14.3. The molecular formula is C18H18FN3O. The zero-order valence-corrected chi connectivity index (χ0v) is 13.4. The van der Waals surface area contributed by atoms with E-state index in [4.69, 9.17) is 0 Å². The molecule has 0 aromatic carbocycles. The molecule has 2 heterocycles. The van der Waals surface area contributed by atoms with Crippen LogP contribution in [0.15, 0.2) is 41.0 Å². The average molecular weight is 311 g/mol. The highest BCUT2D eigenvalue weighted by Gasteiger charge is 2.41. The number of ketones is 1. The van der Waals surface area contributed by atoms with Crippen molar-refractivity contribution in [2.75, 3.05) is 0 Å². The highest BCUT2D eigenvalue weighted by Crippen LogP contribution is 2.46. The molecule has 2 aliphatic rings. The Morgan fingerprint density at radius 1 is 1.43 bits per heavy atom. The molecule has 0 amide bonds. The molecule has 1 atom stereocenters. The van der Waals surface area contributed by atoms with Crippen LogP contribution < -0.4 is 5.32 Å². The second kappa shape index (κ2) is 5.31. The minimum absolute atomic E-state index is 0.0230. The largest absolute Gasteiger partial charge is 0.361 e. The highest BCUT2D eigenvalue weighted by molar-refractivity contribution is 6.00. The molecule has 0 radical (unpaired) electrons. The van der Waals surface area contributed by atoms with Crippen molar-refractivity contribution in [3.05, 3.63) is 52.4 Å². The smallest absolute Gasteiger partial charge is 0.162 e. The van der Waals surface area contributed by atoms with Crippen LogP contribution in [0.25, 0.3) is 0 Å². The quantitative estimate of drug-likeness (QED) is 0.864. The normalized spacial score (nSPS) is 23.3. The number of aromatic nitrogens is 1. The lowest BCUT2D eigenvalue weighted by Crippen LogP contribution is -2.37. The Balaban J connectivity index is 2.22. The molecule has 23 heavy (non-hydrogen) atoms. The van der Waals surface area contributed by atoms with E-state index in [1.54, 1.807) is 13.0 Å². The summed E-state index contributed by atoms with van der Waals surface area (Å²) in [6.45, 7) is 5.87. The SMILES string of the molecule is CC1=C(C#N)C(c2ccncc2F)C2=C(CC(C)(C)CC2=O)N1.